The molecule has 2 rings (SSSR count). The molecule has 0 fully saturated rings. The van der Waals surface area contributed by atoms with Crippen LogP contribution in [0.3, 0.4) is 0 Å². The lowest BCUT2D eigenvalue weighted by atomic mass is 10.0. The van der Waals surface area contributed by atoms with Crippen molar-refractivity contribution in [2.75, 3.05) is 5.73 Å². The van der Waals surface area contributed by atoms with Crippen LogP contribution in [-0.2, 0) is 0 Å². The maximum absolute atomic E-state index is 5.90. The third-order valence-electron chi connectivity index (χ3n) is 2.80. The third kappa shape index (κ3) is 1.91. The topological polar surface area (TPSA) is 56.2 Å². The molecule has 0 aliphatic carbocycles. The number of hydrogen-bond acceptors (Lipinski definition) is 3. The fourth-order valence-corrected chi connectivity index (χ4v) is 2.26. The Labute approximate surface area is 103 Å². The van der Waals surface area contributed by atoms with Crippen molar-refractivity contribution in [3.05, 3.63) is 22.6 Å². The highest BCUT2D eigenvalue weighted by molar-refractivity contribution is 9.10. The van der Waals surface area contributed by atoms with Gasteiger partial charge in [0.25, 0.3) is 0 Å². The van der Waals surface area contributed by atoms with E-state index < -0.39 is 0 Å². The lowest BCUT2D eigenvalue weighted by molar-refractivity contribution is 0.601. The van der Waals surface area contributed by atoms with Crippen LogP contribution in [0.5, 0.6) is 0 Å². The smallest absolute Gasteiger partial charge is 0.178 e. The molecule has 0 saturated heterocycles. The van der Waals surface area contributed by atoms with Gasteiger partial charge in [-0.15, -0.1) is 0 Å². The van der Waals surface area contributed by atoms with Crippen molar-refractivity contribution in [3.63, 3.8) is 0 Å². The molecule has 0 bridgehead atoms. The Bertz CT molecular complexity index is 502. The Kier molecular flexibility index (Phi) is 3.14. The highest BCUT2D eigenvalue weighted by atomic mass is 79.9. The average Bonchev–Trinajstić information content (AvgIpc) is 2.63. The van der Waals surface area contributed by atoms with Crippen LogP contribution < -0.4 is 5.73 Å². The number of nitrogen functional groups attached to an aromatic ring is 1. The number of nitrogens with zero attached hydrogens (tertiary/aromatic N) is 3. The molecular weight excluding hydrogens is 268 g/mol. The van der Waals surface area contributed by atoms with Crippen molar-refractivity contribution in [3.8, 4) is 0 Å². The molecule has 2 aromatic rings. The average molecular weight is 283 g/mol. The SMILES string of the molecule is CCC(CC)c1nc2c(N)cc(Br)cn2n1. The first-order valence-corrected chi connectivity index (χ1v) is 6.26. The summed E-state index contributed by atoms with van der Waals surface area (Å²) in [6.45, 7) is 4.30. The lowest BCUT2D eigenvalue weighted by Gasteiger charge is -2.05. The molecule has 86 valence electrons. The predicted octanol–water partition coefficient (Wildman–Crippen LogP) is 2.98. The standard InChI is InChI=1S/C11H15BrN4/c1-3-7(4-2)10-14-11-9(13)5-8(12)6-16(11)15-10/h5-7H,3-4,13H2,1-2H3. The Morgan fingerprint density at radius 1 is 1.44 bits per heavy atom. The summed E-state index contributed by atoms with van der Waals surface area (Å²) in [5, 5.41) is 4.47. The minimum atomic E-state index is 0.415. The normalized spacial score (nSPS) is 11.5. The molecule has 2 heterocycles. The molecule has 0 saturated carbocycles. The molecule has 0 radical (unpaired) electrons. The highest BCUT2D eigenvalue weighted by Gasteiger charge is 2.14. The fraction of sp³-hybridized carbons (Fsp3) is 0.455. The van der Waals surface area contributed by atoms with E-state index in [0.717, 1.165) is 28.8 Å². The van der Waals surface area contributed by atoms with Crippen LogP contribution in [0, 0.1) is 0 Å². The van der Waals surface area contributed by atoms with E-state index in [-0.39, 0.29) is 0 Å². The molecule has 0 aliphatic rings. The maximum atomic E-state index is 5.90. The molecule has 0 aromatic carbocycles. The van der Waals surface area contributed by atoms with Gasteiger partial charge in [-0.05, 0) is 34.8 Å². The van der Waals surface area contributed by atoms with Gasteiger partial charge in [-0.3, -0.25) is 0 Å². The first kappa shape index (κ1) is 11.4. The summed E-state index contributed by atoms with van der Waals surface area (Å²) >= 11 is 3.40. The Hall–Kier alpha value is -1.10. The van der Waals surface area contributed by atoms with Crippen LogP contribution in [0.4, 0.5) is 5.69 Å². The van der Waals surface area contributed by atoms with Gasteiger partial charge in [-0.25, -0.2) is 9.50 Å². The summed E-state index contributed by atoms with van der Waals surface area (Å²) in [5.74, 6) is 1.30. The number of aromatic nitrogens is 3. The first-order valence-electron chi connectivity index (χ1n) is 5.47. The van der Waals surface area contributed by atoms with Crippen molar-refractivity contribution in [2.45, 2.75) is 32.6 Å². The van der Waals surface area contributed by atoms with E-state index in [1.54, 1.807) is 4.52 Å². The van der Waals surface area contributed by atoms with Gasteiger partial charge in [-0.1, -0.05) is 13.8 Å². The van der Waals surface area contributed by atoms with Gasteiger partial charge in [0, 0.05) is 16.6 Å². The van der Waals surface area contributed by atoms with E-state index in [2.05, 4.69) is 39.9 Å². The molecule has 4 nitrogen and oxygen atoms in total. The second-order valence-electron chi connectivity index (χ2n) is 3.87. The highest BCUT2D eigenvalue weighted by Crippen LogP contribution is 2.23. The number of fused-ring (bicyclic) bond motifs is 1. The number of nitrogens with two attached hydrogens (primary N) is 1. The molecule has 0 amide bonds. The van der Waals surface area contributed by atoms with Crippen LogP contribution in [0.2, 0.25) is 0 Å². The molecule has 0 unspecified atom stereocenters. The summed E-state index contributed by atoms with van der Waals surface area (Å²) in [5.41, 5.74) is 7.29. The van der Waals surface area contributed by atoms with Crippen LogP contribution in [0.15, 0.2) is 16.7 Å². The van der Waals surface area contributed by atoms with Crippen molar-refractivity contribution in [1.29, 1.82) is 0 Å². The van der Waals surface area contributed by atoms with Crippen LogP contribution in [0.25, 0.3) is 5.65 Å². The monoisotopic (exact) mass is 282 g/mol. The minimum absolute atomic E-state index is 0.415. The van der Waals surface area contributed by atoms with Gasteiger partial charge in [0.05, 0.1) is 5.69 Å². The van der Waals surface area contributed by atoms with Crippen LogP contribution >= 0.6 is 15.9 Å². The molecule has 16 heavy (non-hydrogen) atoms. The van der Waals surface area contributed by atoms with Gasteiger partial charge in [0.1, 0.15) is 0 Å². The molecule has 2 N–H and O–H groups in total. The second-order valence-corrected chi connectivity index (χ2v) is 4.78. The van der Waals surface area contributed by atoms with E-state index in [0.29, 0.717) is 11.6 Å². The molecule has 0 aliphatic heterocycles. The van der Waals surface area contributed by atoms with Gasteiger partial charge >= 0.3 is 0 Å². The fourth-order valence-electron chi connectivity index (χ4n) is 1.82. The summed E-state index contributed by atoms with van der Waals surface area (Å²) in [6.07, 6.45) is 3.98. The molecule has 0 atom stereocenters. The quantitative estimate of drug-likeness (QED) is 0.942. The van der Waals surface area contributed by atoms with Gasteiger partial charge in [0.2, 0.25) is 0 Å². The number of anilines is 1. The molecular formula is C11H15BrN4. The molecule has 2 aromatic heterocycles. The number of pyridine rings is 1. The van der Waals surface area contributed by atoms with Crippen molar-refractivity contribution in [2.24, 2.45) is 0 Å². The zero-order valence-corrected chi connectivity index (χ0v) is 11.0. The largest absolute Gasteiger partial charge is 0.396 e. The minimum Gasteiger partial charge on any atom is -0.396 e. The lowest BCUT2D eigenvalue weighted by Crippen LogP contribution is -1.98. The van der Waals surface area contributed by atoms with E-state index in [9.17, 15) is 0 Å². The first-order chi connectivity index (χ1) is 7.65. The predicted molar refractivity (Wildman–Crippen MR) is 68.4 cm³/mol. The Balaban J connectivity index is 2.55. The number of hydrogen-bond donors (Lipinski definition) is 1. The van der Waals surface area contributed by atoms with Crippen LogP contribution in [-0.4, -0.2) is 14.6 Å². The van der Waals surface area contributed by atoms with E-state index in [1.807, 2.05) is 12.3 Å². The van der Waals surface area contributed by atoms with Gasteiger partial charge in [-0.2, -0.15) is 5.10 Å². The van der Waals surface area contributed by atoms with Gasteiger partial charge in [0.15, 0.2) is 11.5 Å². The zero-order chi connectivity index (χ0) is 11.7. The number of halogens is 1. The second kappa shape index (κ2) is 4.41. The third-order valence-corrected chi connectivity index (χ3v) is 3.23. The Morgan fingerprint density at radius 2 is 2.12 bits per heavy atom. The van der Waals surface area contributed by atoms with Crippen molar-refractivity contribution >= 4 is 27.3 Å². The van der Waals surface area contributed by atoms with Crippen LogP contribution in [0.1, 0.15) is 38.4 Å². The summed E-state index contributed by atoms with van der Waals surface area (Å²) in [7, 11) is 0. The van der Waals surface area contributed by atoms with Gasteiger partial charge < -0.3 is 5.73 Å². The summed E-state index contributed by atoms with van der Waals surface area (Å²) in [6, 6.07) is 1.85. The van der Waals surface area contributed by atoms with E-state index >= 15 is 0 Å². The molecule has 0 spiro atoms. The molecule has 5 heteroatoms. The van der Waals surface area contributed by atoms with E-state index in [4.69, 9.17) is 5.73 Å². The van der Waals surface area contributed by atoms with Crippen molar-refractivity contribution < 1.29 is 0 Å². The Morgan fingerprint density at radius 3 is 2.75 bits per heavy atom. The summed E-state index contributed by atoms with van der Waals surface area (Å²) < 4.78 is 2.66. The summed E-state index contributed by atoms with van der Waals surface area (Å²) in [4.78, 5) is 4.50. The number of rotatable bonds is 3. The zero-order valence-electron chi connectivity index (χ0n) is 9.44. The maximum Gasteiger partial charge on any atom is 0.178 e. The van der Waals surface area contributed by atoms with E-state index in [1.165, 1.54) is 0 Å². The van der Waals surface area contributed by atoms with Crippen molar-refractivity contribution in [1.82, 2.24) is 14.6 Å².